The molecule has 5 nitrogen and oxygen atoms in total. The van der Waals surface area contributed by atoms with E-state index in [-0.39, 0.29) is 11.8 Å². The summed E-state index contributed by atoms with van der Waals surface area (Å²) < 4.78 is 0. The molecule has 0 saturated carbocycles. The zero-order valence-electron chi connectivity index (χ0n) is 14.8. The highest BCUT2D eigenvalue weighted by Crippen LogP contribution is 2.16. The van der Waals surface area contributed by atoms with Crippen LogP contribution >= 0.6 is 0 Å². The Morgan fingerprint density at radius 3 is 2.12 bits per heavy atom. The van der Waals surface area contributed by atoms with Gasteiger partial charge in [-0.1, -0.05) is 26.0 Å². The standard InChI is InChI=1S/C19H29N3O2/c1-15(2)16-6-8-17(9-7-16)19(24)22-13-11-21(12-14-22)18(23)5-3-4-10-20/h6-9,15H,3-5,10-14,20H2,1-2H3. The van der Waals surface area contributed by atoms with E-state index in [4.69, 9.17) is 5.73 Å². The summed E-state index contributed by atoms with van der Waals surface area (Å²) >= 11 is 0. The average molecular weight is 331 g/mol. The summed E-state index contributed by atoms with van der Waals surface area (Å²) in [7, 11) is 0. The van der Waals surface area contributed by atoms with E-state index in [0.29, 0.717) is 45.1 Å². The van der Waals surface area contributed by atoms with Gasteiger partial charge in [0, 0.05) is 38.2 Å². The zero-order chi connectivity index (χ0) is 17.5. The highest BCUT2D eigenvalue weighted by molar-refractivity contribution is 5.94. The van der Waals surface area contributed by atoms with E-state index in [2.05, 4.69) is 13.8 Å². The van der Waals surface area contributed by atoms with Crippen LogP contribution in [0.25, 0.3) is 0 Å². The van der Waals surface area contributed by atoms with Gasteiger partial charge in [0.1, 0.15) is 0 Å². The minimum absolute atomic E-state index is 0.0561. The Morgan fingerprint density at radius 2 is 1.58 bits per heavy atom. The molecule has 1 saturated heterocycles. The first-order valence-corrected chi connectivity index (χ1v) is 8.90. The molecule has 0 spiro atoms. The third-order valence-corrected chi connectivity index (χ3v) is 4.59. The van der Waals surface area contributed by atoms with Crippen molar-refractivity contribution in [3.63, 3.8) is 0 Å². The summed E-state index contributed by atoms with van der Waals surface area (Å²) in [4.78, 5) is 28.4. The first kappa shape index (κ1) is 18.5. The van der Waals surface area contributed by atoms with Crippen molar-refractivity contribution < 1.29 is 9.59 Å². The number of nitrogens with zero attached hydrogens (tertiary/aromatic N) is 2. The molecule has 1 aromatic carbocycles. The number of benzene rings is 1. The van der Waals surface area contributed by atoms with Crippen LogP contribution in [0.1, 0.15) is 54.9 Å². The van der Waals surface area contributed by atoms with E-state index in [1.807, 2.05) is 34.1 Å². The van der Waals surface area contributed by atoms with Gasteiger partial charge in [0.05, 0.1) is 0 Å². The van der Waals surface area contributed by atoms with Crippen LogP contribution in [0.2, 0.25) is 0 Å². The van der Waals surface area contributed by atoms with Crippen molar-refractivity contribution in [2.24, 2.45) is 5.73 Å². The van der Waals surface area contributed by atoms with Gasteiger partial charge in [0.15, 0.2) is 0 Å². The molecule has 2 N–H and O–H groups in total. The summed E-state index contributed by atoms with van der Waals surface area (Å²) in [5.74, 6) is 0.695. The number of carbonyl (C=O) groups is 2. The predicted molar refractivity (Wildman–Crippen MR) is 95.9 cm³/mol. The van der Waals surface area contributed by atoms with Gasteiger partial charge in [-0.3, -0.25) is 9.59 Å². The summed E-state index contributed by atoms with van der Waals surface area (Å²) in [6.07, 6.45) is 2.29. The average Bonchev–Trinajstić information content (AvgIpc) is 2.61. The maximum atomic E-state index is 12.6. The van der Waals surface area contributed by atoms with Crippen molar-refractivity contribution in [2.45, 2.75) is 39.0 Å². The maximum absolute atomic E-state index is 12.6. The second kappa shape index (κ2) is 8.83. The van der Waals surface area contributed by atoms with Crippen molar-refractivity contribution in [2.75, 3.05) is 32.7 Å². The van der Waals surface area contributed by atoms with E-state index in [0.717, 1.165) is 18.4 Å². The molecular formula is C19H29N3O2. The van der Waals surface area contributed by atoms with Gasteiger partial charge in [-0.05, 0) is 43.0 Å². The fraction of sp³-hybridized carbons (Fsp3) is 0.579. The lowest BCUT2D eigenvalue weighted by molar-refractivity contribution is -0.132. The molecule has 2 rings (SSSR count). The van der Waals surface area contributed by atoms with Gasteiger partial charge in [0.25, 0.3) is 5.91 Å². The molecule has 0 unspecified atom stereocenters. The quantitative estimate of drug-likeness (QED) is 0.813. The molecule has 132 valence electrons. The van der Waals surface area contributed by atoms with Gasteiger partial charge in [0.2, 0.25) is 5.91 Å². The van der Waals surface area contributed by atoms with Crippen LogP contribution in [-0.2, 0) is 4.79 Å². The first-order valence-electron chi connectivity index (χ1n) is 8.90. The first-order chi connectivity index (χ1) is 11.5. The number of nitrogens with two attached hydrogens (primary N) is 1. The Bertz CT molecular complexity index is 546. The van der Waals surface area contributed by atoms with Crippen molar-refractivity contribution in [1.82, 2.24) is 9.80 Å². The molecular weight excluding hydrogens is 302 g/mol. The van der Waals surface area contributed by atoms with Gasteiger partial charge in [-0.25, -0.2) is 0 Å². The molecule has 0 aliphatic carbocycles. The van der Waals surface area contributed by atoms with Crippen molar-refractivity contribution in [3.05, 3.63) is 35.4 Å². The second-order valence-corrected chi connectivity index (χ2v) is 6.70. The zero-order valence-corrected chi connectivity index (χ0v) is 14.8. The summed E-state index contributed by atoms with van der Waals surface area (Å²) in [6.45, 7) is 7.36. The van der Waals surface area contributed by atoms with E-state index in [1.54, 1.807) is 0 Å². The van der Waals surface area contributed by atoms with E-state index in [9.17, 15) is 9.59 Å². The molecule has 0 bridgehead atoms. The molecule has 0 radical (unpaired) electrons. The van der Waals surface area contributed by atoms with Crippen LogP contribution in [0.15, 0.2) is 24.3 Å². The predicted octanol–water partition coefficient (Wildman–Crippen LogP) is 2.22. The molecule has 0 atom stereocenters. The molecule has 1 aliphatic rings. The summed E-state index contributed by atoms with van der Waals surface area (Å²) in [5, 5.41) is 0. The smallest absolute Gasteiger partial charge is 0.253 e. The molecule has 1 aliphatic heterocycles. The van der Waals surface area contributed by atoms with E-state index in [1.165, 1.54) is 5.56 Å². The van der Waals surface area contributed by atoms with Gasteiger partial charge in [-0.15, -0.1) is 0 Å². The molecule has 1 fully saturated rings. The second-order valence-electron chi connectivity index (χ2n) is 6.70. The molecule has 5 heteroatoms. The van der Waals surface area contributed by atoms with E-state index >= 15 is 0 Å². The lowest BCUT2D eigenvalue weighted by Crippen LogP contribution is -2.50. The van der Waals surface area contributed by atoms with Crippen molar-refractivity contribution in [3.8, 4) is 0 Å². The minimum Gasteiger partial charge on any atom is -0.339 e. The van der Waals surface area contributed by atoms with Gasteiger partial charge >= 0.3 is 0 Å². The third kappa shape index (κ3) is 4.81. The molecule has 2 amide bonds. The summed E-state index contributed by atoms with van der Waals surface area (Å²) in [6, 6.07) is 7.86. The SMILES string of the molecule is CC(C)c1ccc(C(=O)N2CCN(C(=O)CCCCN)CC2)cc1. The van der Waals surface area contributed by atoms with Crippen LogP contribution in [0.3, 0.4) is 0 Å². The fourth-order valence-electron chi connectivity index (χ4n) is 2.93. The third-order valence-electron chi connectivity index (χ3n) is 4.59. The molecule has 0 aromatic heterocycles. The number of carbonyl (C=O) groups excluding carboxylic acids is 2. The highest BCUT2D eigenvalue weighted by Gasteiger charge is 2.24. The normalized spacial score (nSPS) is 15.0. The lowest BCUT2D eigenvalue weighted by Gasteiger charge is -2.35. The topological polar surface area (TPSA) is 66.6 Å². The highest BCUT2D eigenvalue weighted by atomic mass is 16.2. The maximum Gasteiger partial charge on any atom is 0.253 e. The van der Waals surface area contributed by atoms with Crippen LogP contribution in [-0.4, -0.2) is 54.3 Å². The van der Waals surface area contributed by atoms with Crippen molar-refractivity contribution in [1.29, 1.82) is 0 Å². The Hall–Kier alpha value is -1.88. The number of amides is 2. The molecule has 1 aromatic rings. The minimum atomic E-state index is 0.0561. The van der Waals surface area contributed by atoms with Crippen LogP contribution in [0.5, 0.6) is 0 Å². The number of unbranched alkanes of at least 4 members (excludes halogenated alkanes) is 1. The van der Waals surface area contributed by atoms with Crippen LogP contribution < -0.4 is 5.73 Å². The van der Waals surface area contributed by atoms with Crippen LogP contribution in [0, 0.1) is 0 Å². The van der Waals surface area contributed by atoms with Gasteiger partial charge in [-0.2, -0.15) is 0 Å². The Balaban J connectivity index is 1.85. The monoisotopic (exact) mass is 331 g/mol. The summed E-state index contributed by atoms with van der Waals surface area (Å²) in [5.41, 5.74) is 7.42. The number of rotatable bonds is 6. The largest absolute Gasteiger partial charge is 0.339 e. The number of piperazine rings is 1. The molecule has 1 heterocycles. The Labute approximate surface area is 144 Å². The van der Waals surface area contributed by atoms with E-state index < -0.39 is 0 Å². The number of hydrogen-bond acceptors (Lipinski definition) is 3. The Morgan fingerprint density at radius 1 is 1.00 bits per heavy atom. The van der Waals surface area contributed by atoms with Crippen LogP contribution in [0.4, 0.5) is 0 Å². The lowest BCUT2D eigenvalue weighted by atomic mass is 10.0. The fourth-order valence-corrected chi connectivity index (χ4v) is 2.93. The van der Waals surface area contributed by atoms with Gasteiger partial charge < -0.3 is 15.5 Å². The number of hydrogen-bond donors (Lipinski definition) is 1. The Kier molecular flexibility index (Phi) is 6.79. The van der Waals surface area contributed by atoms with Crippen molar-refractivity contribution >= 4 is 11.8 Å². The molecule has 24 heavy (non-hydrogen) atoms.